The van der Waals surface area contributed by atoms with Gasteiger partial charge in [-0.2, -0.15) is 4.98 Å². The summed E-state index contributed by atoms with van der Waals surface area (Å²) in [5.41, 5.74) is 2.30. The zero-order chi connectivity index (χ0) is 23.7. The number of hydrogen-bond acceptors (Lipinski definition) is 8. The highest BCUT2D eigenvalue weighted by Crippen LogP contribution is 2.40. The van der Waals surface area contributed by atoms with Gasteiger partial charge in [-0.3, -0.25) is 4.90 Å². The first-order chi connectivity index (χ1) is 16.6. The fourth-order valence-corrected chi connectivity index (χ4v) is 5.27. The highest BCUT2D eigenvalue weighted by Gasteiger charge is 2.36. The quantitative estimate of drug-likeness (QED) is 0.361. The van der Waals surface area contributed by atoms with Gasteiger partial charge in [-0.15, -0.1) is 22.7 Å². The van der Waals surface area contributed by atoms with Gasteiger partial charge in [0.05, 0.1) is 37.3 Å². The molecule has 1 atom stereocenters. The third-order valence-electron chi connectivity index (χ3n) is 5.63. The zero-order valence-electron chi connectivity index (χ0n) is 18.8. The molecule has 2 amide bonds. The minimum Gasteiger partial charge on any atom is -0.493 e. The molecule has 1 aromatic carbocycles. The number of benzene rings is 1. The van der Waals surface area contributed by atoms with Crippen LogP contribution in [-0.4, -0.2) is 35.3 Å². The molecule has 8 nitrogen and oxygen atoms in total. The Morgan fingerprint density at radius 2 is 1.88 bits per heavy atom. The smallest absolute Gasteiger partial charge is 0.322 e. The SMILES string of the molecule is COc1ccc(C2NC(=O)N(Cc3cccs3)C(C)=C2c2nc(-c3cccs3)no2)cc1OC. The van der Waals surface area contributed by atoms with E-state index in [1.54, 1.807) is 30.5 Å². The summed E-state index contributed by atoms with van der Waals surface area (Å²) in [5, 5.41) is 11.3. The largest absolute Gasteiger partial charge is 0.493 e. The number of hydrogen-bond donors (Lipinski definition) is 1. The molecule has 0 aliphatic carbocycles. The van der Waals surface area contributed by atoms with Crippen molar-refractivity contribution < 1.29 is 18.8 Å². The Bertz CT molecular complexity index is 1330. The average molecular weight is 495 g/mol. The molecule has 0 bridgehead atoms. The number of carbonyl (C=O) groups excluding carboxylic acids is 1. The molecule has 0 spiro atoms. The van der Waals surface area contributed by atoms with Crippen LogP contribution in [0.25, 0.3) is 16.3 Å². The first kappa shape index (κ1) is 22.2. The third-order valence-corrected chi connectivity index (χ3v) is 7.36. The molecule has 4 heterocycles. The van der Waals surface area contributed by atoms with E-state index in [1.807, 2.05) is 60.1 Å². The van der Waals surface area contributed by atoms with Gasteiger partial charge < -0.3 is 19.3 Å². The van der Waals surface area contributed by atoms with E-state index in [0.29, 0.717) is 29.8 Å². The van der Waals surface area contributed by atoms with E-state index in [-0.39, 0.29) is 6.03 Å². The topological polar surface area (TPSA) is 89.7 Å². The molecule has 10 heteroatoms. The minimum atomic E-state index is -0.511. The summed E-state index contributed by atoms with van der Waals surface area (Å²) in [6, 6.07) is 12.7. The van der Waals surface area contributed by atoms with Crippen molar-refractivity contribution in [3.63, 3.8) is 0 Å². The highest BCUT2D eigenvalue weighted by molar-refractivity contribution is 7.13. The molecular weight excluding hydrogens is 472 g/mol. The second-order valence-corrected chi connectivity index (χ2v) is 9.54. The number of ether oxygens (including phenoxy) is 2. The van der Waals surface area contributed by atoms with Crippen molar-refractivity contribution in [3.05, 3.63) is 75.3 Å². The number of carbonyl (C=O) groups is 1. The summed E-state index contributed by atoms with van der Waals surface area (Å²) < 4.78 is 16.6. The Kier molecular flexibility index (Phi) is 6.08. The van der Waals surface area contributed by atoms with Crippen molar-refractivity contribution in [2.75, 3.05) is 14.2 Å². The maximum Gasteiger partial charge on any atom is 0.322 e. The molecule has 0 radical (unpaired) electrons. The van der Waals surface area contributed by atoms with Crippen molar-refractivity contribution in [1.29, 1.82) is 0 Å². The Hall–Kier alpha value is -3.63. The molecule has 174 valence electrons. The van der Waals surface area contributed by atoms with E-state index in [2.05, 4.69) is 15.5 Å². The van der Waals surface area contributed by atoms with Crippen LogP contribution in [0.5, 0.6) is 11.5 Å². The molecule has 3 aromatic heterocycles. The number of nitrogens with one attached hydrogen (secondary N) is 1. The fraction of sp³-hybridized carbons (Fsp3) is 0.208. The normalized spacial score (nSPS) is 16.0. The van der Waals surface area contributed by atoms with Crippen LogP contribution in [0.2, 0.25) is 0 Å². The number of urea groups is 1. The third kappa shape index (κ3) is 4.06. The van der Waals surface area contributed by atoms with Gasteiger partial charge in [0.1, 0.15) is 0 Å². The number of thiophene rings is 2. The molecule has 0 saturated heterocycles. The van der Waals surface area contributed by atoms with Crippen LogP contribution >= 0.6 is 22.7 Å². The molecule has 0 saturated carbocycles. The fourth-order valence-electron chi connectivity index (χ4n) is 3.93. The molecule has 1 N–H and O–H groups in total. The number of amides is 2. The van der Waals surface area contributed by atoms with E-state index in [4.69, 9.17) is 14.0 Å². The molecule has 0 fully saturated rings. The molecule has 1 unspecified atom stereocenters. The lowest BCUT2D eigenvalue weighted by molar-refractivity contribution is 0.203. The Morgan fingerprint density at radius 3 is 2.59 bits per heavy atom. The van der Waals surface area contributed by atoms with E-state index < -0.39 is 6.04 Å². The maximum absolute atomic E-state index is 13.2. The van der Waals surface area contributed by atoms with Gasteiger partial charge in [-0.25, -0.2) is 4.79 Å². The summed E-state index contributed by atoms with van der Waals surface area (Å²) in [7, 11) is 3.17. The predicted octanol–water partition coefficient (Wildman–Crippen LogP) is 5.57. The van der Waals surface area contributed by atoms with Gasteiger partial charge in [-0.05, 0) is 47.5 Å². The lowest BCUT2D eigenvalue weighted by Gasteiger charge is -2.35. The van der Waals surface area contributed by atoms with Crippen molar-refractivity contribution >= 4 is 34.3 Å². The summed E-state index contributed by atoms with van der Waals surface area (Å²) in [6.45, 7) is 2.36. The van der Waals surface area contributed by atoms with Gasteiger partial charge in [0.2, 0.25) is 5.82 Å². The highest BCUT2D eigenvalue weighted by atomic mass is 32.1. The molecule has 1 aliphatic heterocycles. The van der Waals surface area contributed by atoms with Crippen molar-refractivity contribution in [2.45, 2.75) is 19.5 Å². The van der Waals surface area contributed by atoms with Gasteiger partial charge in [0, 0.05) is 10.6 Å². The Balaban J connectivity index is 1.62. The molecular formula is C24H22N4O4S2. The van der Waals surface area contributed by atoms with E-state index in [1.165, 1.54) is 11.3 Å². The maximum atomic E-state index is 13.2. The van der Waals surface area contributed by atoms with Crippen LogP contribution in [0.15, 0.2) is 63.4 Å². The van der Waals surface area contributed by atoms with Crippen molar-refractivity contribution in [2.24, 2.45) is 0 Å². The van der Waals surface area contributed by atoms with E-state index in [9.17, 15) is 4.79 Å². The van der Waals surface area contributed by atoms with Crippen molar-refractivity contribution in [1.82, 2.24) is 20.4 Å². The van der Waals surface area contributed by atoms with Crippen LogP contribution in [0.4, 0.5) is 4.79 Å². The van der Waals surface area contributed by atoms with Gasteiger partial charge in [0.15, 0.2) is 11.5 Å². The lowest BCUT2D eigenvalue weighted by atomic mass is 9.94. The number of methoxy groups -OCH3 is 2. The summed E-state index contributed by atoms with van der Waals surface area (Å²) in [4.78, 5) is 21.6. The van der Waals surface area contributed by atoms with Gasteiger partial charge >= 0.3 is 6.03 Å². The van der Waals surface area contributed by atoms with E-state index >= 15 is 0 Å². The molecule has 5 rings (SSSR count). The minimum absolute atomic E-state index is 0.201. The second-order valence-electron chi connectivity index (χ2n) is 7.56. The van der Waals surface area contributed by atoms with Crippen LogP contribution in [0, 0.1) is 0 Å². The second kappa shape index (κ2) is 9.32. The zero-order valence-corrected chi connectivity index (χ0v) is 20.4. The van der Waals surface area contributed by atoms with Gasteiger partial charge in [-0.1, -0.05) is 23.4 Å². The van der Waals surface area contributed by atoms with Crippen LogP contribution in [0.1, 0.15) is 29.3 Å². The van der Waals surface area contributed by atoms with Gasteiger partial charge in [0.25, 0.3) is 5.89 Å². The summed E-state index contributed by atoms with van der Waals surface area (Å²) in [5.74, 6) is 2.04. The van der Waals surface area contributed by atoms with Crippen LogP contribution < -0.4 is 14.8 Å². The molecule has 4 aromatic rings. The first-order valence-corrected chi connectivity index (χ1v) is 12.3. The number of nitrogens with zero attached hydrogens (tertiary/aromatic N) is 3. The van der Waals surface area contributed by atoms with Crippen molar-refractivity contribution in [3.8, 4) is 22.2 Å². The Morgan fingerprint density at radius 1 is 1.09 bits per heavy atom. The molecule has 34 heavy (non-hydrogen) atoms. The average Bonchev–Trinajstić information content (AvgIpc) is 3.63. The lowest BCUT2D eigenvalue weighted by Crippen LogP contribution is -2.45. The number of rotatable bonds is 7. The van der Waals surface area contributed by atoms with Crippen LogP contribution in [0.3, 0.4) is 0 Å². The monoisotopic (exact) mass is 494 g/mol. The van der Waals surface area contributed by atoms with E-state index in [0.717, 1.165) is 26.6 Å². The summed E-state index contributed by atoms with van der Waals surface area (Å²) in [6.07, 6.45) is 0. The first-order valence-electron chi connectivity index (χ1n) is 10.5. The standard InChI is InChI=1S/C24H22N4O4S2/c1-14-20(23-26-22(27-32-23)19-7-5-11-34-19)21(15-8-9-17(30-2)18(12-15)31-3)25-24(29)28(14)13-16-6-4-10-33-16/h4-12,21H,13H2,1-3H3,(H,25,29). The molecule has 1 aliphatic rings. The number of aromatic nitrogens is 2. The Labute approximate surface area is 204 Å². The predicted molar refractivity (Wildman–Crippen MR) is 131 cm³/mol. The summed E-state index contributed by atoms with van der Waals surface area (Å²) >= 11 is 3.14. The van der Waals surface area contributed by atoms with Crippen LogP contribution in [-0.2, 0) is 6.54 Å². The number of allylic oxidation sites excluding steroid dienone is 1.